The van der Waals surface area contributed by atoms with Crippen LogP contribution in [0.3, 0.4) is 0 Å². The van der Waals surface area contributed by atoms with E-state index < -0.39 is 0 Å². The standard InChI is InChI=1S/C14H27N.2C2H6/c1-3-7-13(8-4-1)11-15-12-14-9-5-2-6-10-14;2*1-2/h13-15H,1-12H2;2*1-2H3. The molecule has 0 radical (unpaired) electrons. The molecule has 0 saturated heterocycles. The predicted molar refractivity (Wildman–Crippen MR) is 88.7 cm³/mol. The Labute approximate surface area is 122 Å². The van der Waals surface area contributed by atoms with E-state index in [1.165, 1.54) is 77.3 Å². The van der Waals surface area contributed by atoms with E-state index >= 15 is 0 Å². The van der Waals surface area contributed by atoms with Gasteiger partial charge < -0.3 is 5.32 Å². The van der Waals surface area contributed by atoms with Crippen LogP contribution in [0.4, 0.5) is 0 Å². The van der Waals surface area contributed by atoms with E-state index in [9.17, 15) is 0 Å². The molecule has 0 amide bonds. The second kappa shape index (κ2) is 14.4. The summed E-state index contributed by atoms with van der Waals surface area (Å²) in [7, 11) is 0. The number of nitrogens with one attached hydrogen (secondary N) is 1. The van der Waals surface area contributed by atoms with Crippen molar-refractivity contribution < 1.29 is 0 Å². The van der Waals surface area contributed by atoms with Gasteiger partial charge in [0.1, 0.15) is 0 Å². The molecular formula is C18H39N. The van der Waals surface area contributed by atoms with Crippen LogP contribution >= 0.6 is 0 Å². The summed E-state index contributed by atoms with van der Waals surface area (Å²) in [6, 6.07) is 0. The summed E-state index contributed by atoms with van der Waals surface area (Å²) < 4.78 is 0. The molecule has 0 aromatic rings. The van der Waals surface area contributed by atoms with Crippen LogP contribution in [0.1, 0.15) is 91.9 Å². The zero-order valence-electron chi connectivity index (χ0n) is 14.1. The van der Waals surface area contributed by atoms with Crippen LogP contribution < -0.4 is 5.32 Å². The van der Waals surface area contributed by atoms with Crippen LogP contribution in [-0.2, 0) is 0 Å². The molecule has 2 aliphatic carbocycles. The van der Waals surface area contributed by atoms with E-state index in [0.717, 1.165) is 11.8 Å². The van der Waals surface area contributed by atoms with E-state index in [4.69, 9.17) is 0 Å². The fourth-order valence-electron chi connectivity index (χ4n) is 3.27. The lowest BCUT2D eigenvalue weighted by Crippen LogP contribution is -2.30. The molecule has 116 valence electrons. The first-order chi connectivity index (χ1) is 9.45. The summed E-state index contributed by atoms with van der Waals surface area (Å²) in [6.45, 7) is 10.6. The van der Waals surface area contributed by atoms with Crippen molar-refractivity contribution in [3.05, 3.63) is 0 Å². The molecule has 0 bridgehead atoms. The van der Waals surface area contributed by atoms with E-state index in [1.54, 1.807) is 0 Å². The maximum Gasteiger partial charge on any atom is -0.00204 e. The van der Waals surface area contributed by atoms with Crippen molar-refractivity contribution in [3.8, 4) is 0 Å². The number of rotatable bonds is 4. The van der Waals surface area contributed by atoms with Gasteiger partial charge in [0.2, 0.25) is 0 Å². The van der Waals surface area contributed by atoms with Crippen molar-refractivity contribution in [2.75, 3.05) is 13.1 Å². The minimum absolute atomic E-state index is 1.00. The van der Waals surface area contributed by atoms with Crippen molar-refractivity contribution in [2.45, 2.75) is 91.9 Å². The van der Waals surface area contributed by atoms with E-state index in [1.807, 2.05) is 27.7 Å². The van der Waals surface area contributed by atoms with Gasteiger partial charge in [0.25, 0.3) is 0 Å². The SMILES string of the molecule is C1CCC(CNCC2CCCCC2)CC1.CC.CC. The first-order valence-corrected chi connectivity index (χ1v) is 9.16. The smallest absolute Gasteiger partial charge is 0.00204 e. The minimum atomic E-state index is 1.00. The van der Waals surface area contributed by atoms with Crippen LogP contribution in [-0.4, -0.2) is 13.1 Å². The highest BCUT2D eigenvalue weighted by atomic mass is 14.9. The largest absolute Gasteiger partial charge is 0.316 e. The molecule has 2 saturated carbocycles. The molecule has 0 unspecified atom stereocenters. The van der Waals surface area contributed by atoms with Crippen LogP contribution in [0, 0.1) is 11.8 Å². The molecule has 2 aliphatic rings. The molecule has 0 atom stereocenters. The third kappa shape index (κ3) is 9.49. The predicted octanol–water partition coefficient (Wildman–Crippen LogP) is 5.79. The van der Waals surface area contributed by atoms with Crippen molar-refractivity contribution >= 4 is 0 Å². The fourth-order valence-corrected chi connectivity index (χ4v) is 3.27. The van der Waals surface area contributed by atoms with Crippen LogP contribution in [0.15, 0.2) is 0 Å². The van der Waals surface area contributed by atoms with Gasteiger partial charge in [0, 0.05) is 0 Å². The molecule has 0 aromatic carbocycles. The Morgan fingerprint density at radius 1 is 0.579 bits per heavy atom. The van der Waals surface area contributed by atoms with Gasteiger partial charge in [-0.15, -0.1) is 0 Å². The van der Waals surface area contributed by atoms with Gasteiger partial charge >= 0.3 is 0 Å². The lowest BCUT2D eigenvalue weighted by Gasteiger charge is -2.25. The maximum atomic E-state index is 3.72. The number of hydrogen-bond acceptors (Lipinski definition) is 1. The number of hydrogen-bond donors (Lipinski definition) is 1. The normalized spacial score (nSPS) is 20.8. The van der Waals surface area contributed by atoms with Crippen molar-refractivity contribution in [3.63, 3.8) is 0 Å². The quantitative estimate of drug-likeness (QED) is 0.681. The Morgan fingerprint density at radius 2 is 0.895 bits per heavy atom. The van der Waals surface area contributed by atoms with Gasteiger partial charge in [-0.3, -0.25) is 0 Å². The van der Waals surface area contributed by atoms with Crippen molar-refractivity contribution in [1.82, 2.24) is 5.32 Å². The molecule has 2 rings (SSSR count). The summed E-state index contributed by atoms with van der Waals surface area (Å²) >= 11 is 0. The van der Waals surface area contributed by atoms with Crippen LogP contribution in [0.5, 0.6) is 0 Å². The topological polar surface area (TPSA) is 12.0 Å². The summed E-state index contributed by atoms with van der Waals surface area (Å²) in [5.41, 5.74) is 0. The van der Waals surface area contributed by atoms with Crippen molar-refractivity contribution in [2.24, 2.45) is 11.8 Å². The molecule has 0 aromatic heterocycles. The highest BCUT2D eigenvalue weighted by Crippen LogP contribution is 2.24. The van der Waals surface area contributed by atoms with Gasteiger partial charge in [-0.1, -0.05) is 66.2 Å². The second-order valence-electron chi connectivity index (χ2n) is 5.67. The van der Waals surface area contributed by atoms with Gasteiger partial charge in [-0.25, -0.2) is 0 Å². The highest BCUT2D eigenvalue weighted by Gasteiger charge is 2.15. The lowest BCUT2D eigenvalue weighted by molar-refractivity contribution is 0.305. The third-order valence-electron chi connectivity index (χ3n) is 4.32. The summed E-state index contributed by atoms with van der Waals surface area (Å²) in [6.07, 6.45) is 14.8. The average Bonchev–Trinajstić information content (AvgIpc) is 2.53. The minimum Gasteiger partial charge on any atom is -0.316 e. The van der Waals surface area contributed by atoms with Crippen molar-refractivity contribution in [1.29, 1.82) is 0 Å². The van der Waals surface area contributed by atoms with Crippen LogP contribution in [0.2, 0.25) is 0 Å². The lowest BCUT2D eigenvalue weighted by atomic mass is 9.87. The Balaban J connectivity index is 0.000000741. The first kappa shape index (κ1) is 19.0. The van der Waals surface area contributed by atoms with Crippen LogP contribution in [0.25, 0.3) is 0 Å². The van der Waals surface area contributed by atoms with Gasteiger partial charge in [-0.2, -0.15) is 0 Å². The highest BCUT2D eigenvalue weighted by molar-refractivity contribution is 4.71. The second-order valence-corrected chi connectivity index (χ2v) is 5.67. The molecule has 1 heteroatoms. The Kier molecular flexibility index (Phi) is 14.3. The summed E-state index contributed by atoms with van der Waals surface area (Å²) in [5, 5.41) is 3.72. The fraction of sp³-hybridized carbons (Fsp3) is 1.00. The van der Waals surface area contributed by atoms with Gasteiger partial charge in [-0.05, 0) is 50.6 Å². The monoisotopic (exact) mass is 269 g/mol. The molecule has 0 spiro atoms. The zero-order chi connectivity index (χ0) is 14.3. The molecule has 0 heterocycles. The molecule has 19 heavy (non-hydrogen) atoms. The van der Waals surface area contributed by atoms with E-state index in [2.05, 4.69) is 5.32 Å². The van der Waals surface area contributed by atoms with Gasteiger partial charge in [0.05, 0.1) is 0 Å². The molecule has 1 nitrogen and oxygen atoms in total. The first-order valence-electron chi connectivity index (χ1n) is 9.16. The Morgan fingerprint density at radius 3 is 1.21 bits per heavy atom. The molecule has 1 N–H and O–H groups in total. The van der Waals surface area contributed by atoms with Gasteiger partial charge in [0.15, 0.2) is 0 Å². The average molecular weight is 270 g/mol. The molecule has 0 aliphatic heterocycles. The molecular weight excluding hydrogens is 230 g/mol. The third-order valence-corrected chi connectivity index (χ3v) is 4.32. The van der Waals surface area contributed by atoms with E-state index in [0.29, 0.717) is 0 Å². The van der Waals surface area contributed by atoms with E-state index in [-0.39, 0.29) is 0 Å². The summed E-state index contributed by atoms with van der Waals surface area (Å²) in [5.74, 6) is 2.00. The maximum absolute atomic E-state index is 3.72. The Hall–Kier alpha value is -0.0400. The summed E-state index contributed by atoms with van der Waals surface area (Å²) in [4.78, 5) is 0. The Bertz CT molecular complexity index is 137. The molecule has 2 fully saturated rings. The zero-order valence-corrected chi connectivity index (χ0v) is 14.1.